The summed E-state index contributed by atoms with van der Waals surface area (Å²) in [5.74, 6) is 0.176. The van der Waals surface area contributed by atoms with Crippen molar-refractivity contribution in [3.63, 3.8) is 0 Å². The van der Waals surface area contributed by atoms with E-state index in [1.54, 1.807) is 49.7 Å². The smallest absolute Gasteiger partial charge is 0.262 e. The number of para-hydroxylation sites is 1. The first-order valence-corrected chi connectivity index (χ1v) is 11.2. The van der Waals surface area contributed by atoms with Crippen molar-refractivity contribution in [2.45, 2.75) is 18.2 Å². The van der Waals surface area contributed by atoms with E-state index in [0.717, 1.165) is 0 Å². The Balaban J connectivity index is 1.52. The molecule has 0 saturated carbocycles. The molecule has 0 aliphatic heterocycles. The van der Waals surface area contributed by atoms with Gasteiger partial charge in [-0.3, -0.25) is 14.2 Å². The van der Waals surface area contributed by atoms with Crippen molar-refractivity contribution in [1.29, 1.82) is 0 Å². The number of furan rings is 1. The first kappa shape index (κ1) is 22.6. The Morgan fingerprint density at radius 2 is 2.03 bits per heavy atom. The number of carbonyl (C=O) groups excluding carboxylic acids is 1. The van der Waals surface area contributed by atoms with Gasteiger partial charge in [-0.05, 0) is 42.0 Å². The molecule has 0 bridgehead atoms. The van der Waals surface area contributed by atoms with Crippen molar-refractivity contribution in [1.82, 2.24) is 14.5 Å². The number of methoxy groups -OCH3 is 1. The number of halogens is 1. The van der Waals surface area contributed by atoms with E-state index in [2.05, 4.69) is 4.98 Å². The quantitative estimate of drug-likeness (QED) is 0.289. The zero-order valence-electron chi connectivity index (χ0n) is 18.2. The Kier molecular flexibility index (Phi) is 6.79. The zero-order chi connectivity index (χ0) is 23.4. The maximum atomic E-state index is 14.0. The summed E-state index contributed by atoms with van der Waals surface area (Å²) < 4.78 is 25.8. The fourth-order valence-electron chi connectivity index (χ4n) is 3.36. The summed E-state index contributed by atoms with van der Waals surface area (Å²) in [5, 5.41) is 0.922. The molecule has 9 heteroatoms. The normalized spacial score (nSPS) is 11.0. The van der Waals surface area contributed by atoms with E-state index in [9.17, 15) is 14.0 Å². The van der Waals surface area contributed by atoms with E-state index in [-0.39, 0.29) is 36.1 Å². The van der Waals surface area contributed by atoms with E-state index in [4.69, 9.17) is 9.15 Å². The van der Waals surface area contributed by atoms with E-state index < -0.39 is 5.82 Å². The number of fused-ring (bicyclic) bond motifs is 1. The first-order valence-electron chi connectivity index (χ1n) is 10.2. The van der Waals surface area contributed by atoms with Gasteiger partial charge < -0.3 is 14.1 Å². The summed E-state index contributed by atoms with van der Waals surface area (Å²) in [6, 6.07) is 15.2. The van der Waals surface area contributed by atoms with Crippen LogP contribution in [0.15, 0.2) is 75.2 Å². The fraction of sp³-hybridized carbons (Fsp3) is 0.208. The molecule has 33 heavy (non-hydrogen) atoms. The van der Waals surface area contributed by atoms with Crippen LogP contribution >= 0.6 is 11.8 Å². The van der Waals surface area contributed by atoms with E-state index in [0.29, 0.717) is 27.4 Å². The van der Waals surface area contributed by atoms with Crippen LogP contribution in [-0.2, 0) is 17.9 Å². The van der Waals surface area contributed by atoms with Crippen LogP contribution in [0.2, 0.25) is 0 Å². The van der Waals surface area contributed by atoms with Crippen LogP contribution in [0.25, 0.3) is 10.9 Å². The molecule has 4 aromatic rings. The molecule has 2 heterocycles. The van der Waals surface area contributed by atoms with Crippen LogP contribution in [-0.4, -0.2) is 40.3 Å². The number of thioether (sulfide) groups is 1. The monoisotopic (exact) mass is 467 g/mol. The van der Waals surface area contributed by atoms with Gasteiger partial charge in [-0.25, -0.2) is 9.37 Å². The van der Waals surface area contributed by atoms with Gasteiger partial charge in [0.05, 0.1) is 36.6 Å². The Hall–Kier alpha value is -3.59. The molecule has 0 saturated heterocycles. The Bertz CT molecular complexity index is 1340. The van der Waals surface area contributed by atoms with Gasteiger partial charge in [0.2, 0.25) is 5.91 Å². The molecule has 2 aromatic heterocycles. The average molecular weight is 468 g/mol. The molecule has 0 unspecified atom stereocenters. The van der Waals surface area contributed by atoms with E-state index in [1.807, 2.05) is 6.07 Å². The van der Waals surface area contributed by atoms with Crippen molar-refractivity contribution in [2.75, 3.05) is 19.9 Å². The molecule has 0 radical (unpaired) electrons. The molecule has 4 rings (SSSR count). The van der Waals surface area contributed by atoms with Crippen molar-refractivity contribution < 1.29 is 18.3 Å². The molecule has 0 fully saturated rings. The predicted octanol–water partition coefficient (Wildman–Crippen LogP) is 3.94. The standard InChI is InChI=1S/C24H22FN3O4S/c1-27(13-16-9-10-21(31-2)19(25)12-16)22(29)15-33-24-26-20-8-4-3-7-18(20)23(30)28(24)14-17-6-5-11-32-17/h3-12H,13-15H2,1-2H3. The largest absolute Gasteiger partial charge is 0.494 e. The summed E-state index contributed by atoms with van der Waals surface area (Å²) in [4.78, 5) is 32.0. The molecule has 2 aromatic carbocycles. The number of amides is 1. The van der Waals surface area contributed by atoms with Gasteiger partial charge >= 0.3 is 0 Å². The van der Waals surface area contributed by atoms with Crippen molar-refractivity contribution in [3.05, 3.63) is 88.4 Å². The lowest BCUT2D eigenvalue weighted by Crippen LogP contribution is -2.29. The van der Waals surface area contributed by atoms with Gasteiger partial charge in [0, 0.05) is 13.6 Å². The maximum absolute atomic E-state index is 14.0. The Morgan fingerprint density at radius 1 is 1.21 bits per heavy atom. The number of rotatable bonds is 8. The highest BCUT2D eigenvalue weighted by molar-refractivity contribution is 7.99. The number of carbonyl (C=O) groups is 1. The minimum Gasteiger partial charge on any atom is -0.494 e. The van der Waals surface area contributed by atoms with Gasteiger partial charge in [-0.1, -0.05) is 30.0 Å². The second kappa shape index (κ2) is 9.91. The Labute approximate surface area is 193 Å². The van der Waals surface area contributed by atoms with Crippen LogP contribution in [0.1, 0.15) is 11.3 Å². The third-order valence-corrected chi connectivity index (χ3v) is 6.07. The average Bonchev–Trinajstić information content (AvgIpc) is 3.33. The third-order valence-electron chi connectivity index (χ3n) is 5.11. The third kappa shape index (κ3) is 5.09. The number of nitrogens with zero attached hydrogens (tertiary/aromatic N) is 3. The minimum atomic E-state index is -0.479. The number of hydrogen-bond acceptors (Lipinski definition) is 6. The lowest BCUT2D eigenvalue weighted by molar-refractivity contribution is -0.127. The second-order valence-electron chi connectivity index (χ2n) is 7.39. The van der Waals surface area contributed by atoms with Gasteiger partial charge in [0.15, 0.2) is 16.7 Å². The van der Waals surface area contributed by atoms with Crippen molar-refractivity contribution in [2.24, 2.45) is 0 Å². The summed E-state index contributed by atoms with van der Waals surface area (Å²) in [6.45, 7) is 0.450. The molecule has 0 aliphatic carbocycles. The van der Waals surface area contributed by atoms with Crippen molar-refractivity contribution >= 4 is 28.6 Å². The zero-order valence-corrected chi connectivity index (χ0v) is 19.0. The van der Waals surface area contributed by atoms with Crippen LogP contribution in [0.4, 0.5) is 4.39 Å². The van der Waals surface area contributed by atoms with Gasteiger partial charge in [0.25, 0.3) is 5.56 Å². The van der Waals surface area contributed by atoms with E-state index in [1.165, 1.54) is 40.5 Å². The first-order chi connectivity index (χ1) is 16.0. The van der Waals surface area contributed by atoms with Gasteiger partial charge in [-0.15, -0.1) is 0 Å². The molecule has 170 valence electrons. The highest BCUT2D eigenvalue weighted by Crippen LogP contribution is 2.21. The summed E-state index contributed by atoms with van der Waals surface area (Å²) >= 11 is 1.18. The molecule has 0 aliphatic rings. The molecule has 0 atom stereocenters. The molecular formula is C24H22FN3O4S. The summed E-state index contributed by atoms with van der Waals surface area (Å²) in [5.41, 5.74) is 1.01. The highest BCUT2D eigenvalue weighted by Gasteiger charge is 2.17. The fourth-order valence-corrected chi connectivity index (χ4v) is 4.30. The van der Waals surface area contributed by atoms with Crippen LogP contribution in [0.3, 0.4) is 0 Å². The number of hydrogen-bond donors (Lipinski definition) is 0. The SMILES string of the molecule is COc1ccc(CN(C)C(=O)CSc2nc3ccccc3c(=O)n2Cc2ccco2)cc1F. The predicted molar refractivity (Wildman–Crippen MR) is 124 cm³/mol. The summed E-state index contributed by atoms with van der Waals surface area (Å²) in [6.07, 6.45) is 1.54. The lowest BCUT2D eigenvalue weighted by atomic mass is 10.2. The van der Waals surface area contributed by atoms with E-state index >= 15 is 0 Å². The lowest BCUT2D eigenvalue weighted by Gasteiger charge is -2.18. The van der Waals surface area contributed by atoms with Crippen LogP contribution in [0, 0.1) is 5.82 Å². The maximum Gasteiger partial charge on any atom is 0.262 e. The van der Waals surface area contributed by atoms with Crippen LogP contribution < -0.4 is 10.3 Å². The topological polar surface area (TPSA) is 77.6 Å². The highest BCUT2D eigenvalue weighted by atomic mass is 32.2. The van der Waals surface area contributed by atoms with Gasteiger partial charge in [-0.2, -0.15) is 0 Å². The molecule has 0 spiro atoms. The number of aromatic nitrogens is 2. The molecule has 1 amide bonds. The summed E-state index contributed by atoms with van der Waals surface area (Å²) in [7, 11) is 3.05. The van der Waals surface area contributed by atoms with Crippen molar-refractivity contribution in [3.8, 4) is 5.75 Å². The Morgan fingerprint density at radius 3 is 2.76 bits per heavy atom. The molecular weight excluding hydrogens is 445 g/mol. The number of benzene rings is 2. The van der Waals surface area contributed by atoms with Gasteiger partial charge in [0.1, 0.15) is 5.76 Å². The molecule has 7 nitrogen and oxygen atoms in total. The molecule has 0 N–H and O–H groups in total. The van der Waals surface area contributed by atoms with Crippen LogP contribution in [0.5, 0.6) is 5.75 Å². The second-order valence-corrected chi connectivity index (χ2v) is 8.33. The number of ether oxygens (including phenoxy) is 1. The minimum absolute atomic E-state index is 0.0675.